The lowest BCUT2D eigenvalue weighted by molar-refractivity contribution is -0.870. The SMILES string of the molecule is CCCCCCCCCCCCCCCC[N+](C)(C)C.O=P[O-]. The number of quaternary nitrogens is 1. The van der Waals surface area contributed by atoms with Crippen LogP contribution in [0.15, 0.2) is 0 Å². The number of unbranched alkanes of at least 4 members (excludes halogenated alkanes) is 13. The molecule has 0 radical (unpaired) electrons. The van der Waals surface area contributed by atoms with Gasteiger partial charge in [-0.1, -0.05) is 84.0 Å². The Hall–Kier alpha value is 0.0200. The summed E-state index contributed by atoms with van der Waals surface area (Å²) in [7, 11) is 5.80. The minimum atomic E-state index is -1.08. The molecule has 0 unspecified atom stereocenters. The van der Waals surface area contributed by atoms with Crippen LogP contribution in [0.25, 0.3) is 0 Å². The lowest BCUT2D eigenvalue weighted by Crippen LogP contribution is -2.35. The van der Waals surface area contributed by atoms with Crippen molar-refractivity contribution in [3.63, 3.8) is 0 Å². The smallest absolute Gasteiger partial charge is 0.0780 e. The third-order valence-corrected chi connectivity index (χ3v) is 4.18. The molecule has 0 aromatic heterocycles. The molecule has 0 aliphatic rings. The summed E-state index contributed by atoms with van der Waals surface area (Å²) in [6.07, 6.45) is 20.4. The zero-order chi connectivity index (χ0) is 17.8. The Labute approximate surface area is 147 Å². The molecule has 140 valence electrons. The Morgan fingerprint density at radius 3 is 1.17 bits per heavy atom. The van der Waals surface area contributed by atoms with Gasteiger partial charge in [-0.15, -0.1) is 0 Å². The van der Waals surface area contributed by atoms with Crippen LogP contribution in [0.2, 0.25) is 0 Å². The number of nitrogens with zero attached hydrogens (tertiary/aromatic N) is 1. The molecule has 0 bridgehead atoms. The van der Waals surface area contributed by atoms with E-state index in [0.717, 1.165) is 4.48 Å². The Bertz CT molecular complexity index is 230. The third-order valence-electron chi connectivity index (χ3n) is 4.18. The molecule has 3 nitrogen and oxygen atoms in total. The zero-order valence-corrected chi connectivity index (χ0v) is 17.2. The molecule has 0 N–H and O–H groups in total. The van der Waals surface area contributed by atoms with Crippen LogP contribution in [0.5, 0.6) is 0 Å². The van der Waals surface area contributed by atoms with E-state index in [1.165, 1.54) is 96.4 Å². The van der Waals surface area contributed by atoms with Crippen LogP contribution in [0, 0.1) is 0 Å². The summed E-state index contributed by atoms with van der Waals surface area (Å²) in [5.74, 6) is 0. The van der Waals surface area contributed by atoms with E-state index in [1.807, 2.05) is 0 Å². The van der Waals surface area contributed by atoms with Gasteiger partial charge in [0.1, 0.15) is 0 Å². The lowest BCUT2D eigenvalue weighted by Gasteiger charge is -2.23. The first-order chi connectivity index (χ1) is 11.0. The molecule has 0 saturated heterocycles. The molecule has 0 saturated carbocycles. The molecule has 0 amide bonds. The fraction of sp³-hybridized carbons (Fsp3) is 1.00. The van der Waals surface area contributed by atoms with E-state index in [2.05, 4.69) is 28.1 Å². The molecule has 0 aliphatic heterocycles. The highest BCUT2D eigenvalue weighted by Gasteiger charge is 2.04. The average Bonchev–Trinajstić information content (AvgIpc) is 2.47. The van der Waals surface area contributed by atoms with Gasteiger partial charge in [-0.05, 0) is 12.8 Å². The van der Waals surface area contributed by atoms with Crippen molar-refractivity contribution in [3.05, 3.63) is 0 Å². The maximum Gasteiger partial charge on any atom is 0.0780 e. The Morgan fingerprint density at radius 2 is 0.913 bits per heavy atom. The first-order valence-electron chi connectivity index (χ1n) is 9.73. The fourth-order valence-corrected chi connectivity index (χ4v) is 2.78. The van der Waals surface area contributed by atoms with Crippen molar-refractivity contribution in [1.29, 1.82) is 0 Å². The number of hydrogen-bond donors (Lipinski definition) is 0. The van der Waals surface area contributed by atoms with Gasteiger partial charge in [-0.3, -0.25) is 4.57 Å². The third kappa shape index (κ3) is 30.5. The van der Waals surface area contributed by atoms with Gasteiger partial charge in [0.25, 0.3) is 0 Å². The van der Waals surface area contributed by atoms with Gasteiger partial charge in [-0.2, -0.15) is 0 Å². The van der Waals surface area contributed by atoms with Gasteiger partial charge < -0.3 is 9.38 Å². The summed E-state index contributed by atoms with van der Waals surface area (Å²) in [5.41, 5.74) is 0. The Morgan fingerprint density at radius 1 is 0.652 bits per heavy atom. The first kappa shape index (κ1) is 25.3. The summed E-state index contributed by atoms with van der Waals surface area (Å²) >= 11 is 0. The minimum Gasteiger partial charge on any atom is -0.772 e. The van der Waals surface area contributed by atoms with Gasteiger partial charge >= 0.3 is 0 Å². The topological polar surface area (TPSA) is 40.1 Å². The molecule has 4 heteroatoms. The Balaban J connectivity index is 0. The summed E-state index contributed by atoms with van der Waals surface area (Å²) in [5, 5.41) is 0. The van der Waals surface area contributed by atoms with Crippen molar-refractivity contribution in [2.45, 2.75) is 96.8 Å². The van der Waals surface area contributed by atoms with Crippen LogP contribution < -0.4 is 4.89 Å². The maximum absolute atomic E-state index is 8.35. The highest BCUT2D eigenvalue weighted by atomic mass is 31.1. The molecule has 0 spiro atoms. The van der Waals surface area contributed by atoms with Gasteiger partial charge in [0.15, 0.2) is 0 Å². The predicted molar refractivity (Wildman–Crippen MR) is 101 cm³/mol. The number of hydrogen-bond acceptors (Lipinski definition) is 2. The minimum absolute atomic E-state index is 1.08. The monoisotopic (exact) mass is 347 g/mol. The second-order valence-electron chi connectivity index (χ2n) is 7.68. The van der Waals surface area contributed by atoms with E-state index >= 15 is 0 Å². The first-order valence-corrected chi connectivity index (χ1v) is 10.5. The largest absolute Gasteiger partial charge is 0.772 e. The quantitative estimate of drug-likeness (QED) is 0.216. The van der Waals surface area contributed by atoms with Crippen LogP contribution in [0.4, 0.5) is 0 Å². The summed E-state index contributed by atoms with van der Waals surface area (Å²) in [4.78, 5) is 8.35. The lowest BCUT2D eigenvalue weighted by atomic mass is 10.0. The molecule has 0 fully saturated rings. The molecule has 0 aromatic carbocycles. The van der Waals surface area contributed by atoms with Crippen molar-refractivity contribution in [2.24, 2.45) is 0 Å². The van der Waals surface area contributed by atoms with Crippen LogP contribution in [0.3, 0.4) is 0 Å². The van der Waals surface area contributed by atoms with Crippen LogP contribution in [-0.2, 0) is 4.57 Å². The van der Waals surface area contributed by atoms with Gasteiger partial charge in [0, 0.05) is 0 Å². The van der Waals surface area contributed by atoms with Crippen LogP contribution in [-0.4, -0.2) is 32.2 Å². The molecule has 23 heavy (non-hydrogen) atoms. The molecular weight excluding hydrogens is 305 g/mol. The molecule has 0 heterocycles. The highest BCUT2D eigenvalue weighted by Crippen LogP contribution is 2.13. The van der Waals surface area contributed by atoms with Gasteiger partial charge in [0.05, 0.1) is 36.4 Å². The van der Waals surface area contributed by atoms with E-state index in [4.69, 9.17) is 9.46 Å². The van der Waals surface area contributed by atoms with E-state index in [1.54, 1.807) is 0 Å². The summed E-state index contributed by atoms with van der Waals surface area (Å²) < 4.78 is 9.47. The molecule has 0 rings (SSSR count). The second kappa shape index (κ2) is 20.1. The zero-order valence-electron chi connectivity index (χ0n) is 16.3. The standard InChI is InChI=1S/C19H42N.HO2P/c1-5-6-7-8-9-10-11-12-13-14-15-16-17-18-19-20(2,3)4;1-3-2/h5-19H2,1-4H3;(H,1,2)/q+1;/p-1. The number of rotatable bonds is 15. The summed E-state index contributed by atoms with van der Waals surface area (Å²) in [6.45, 7) is 3.63. The summed E-state index contributed by atoms with van der Waals surface area (Å²) in [6, 6.07) is 0. The van der Waals surface area contributed by atoms with Crippen molar-refractivity contribution in [2.75, 3.05) is 27.7 Å². The van der Waals surface area contributed by atoms with Crippen molar-refractivity contribution < 1.29 is 13.9 Å². The Kier molecular flexibility index (Phi) is 22.0. The average molecular weight is 348 g/mol. The molecule has 0 aliphatic carbocycles. The molecule has 0 atom stereocenters. The second-order valence-corrected chi connectivity index (χ2v) is 7.83. The maximum atomic E-state index is 8.35. The van der Waals surface area contributed by atoms with E-state index in [0.29, 0.717) is 0 Å². The normalized spacial score (nSPS) is 11.3. The van der Waals surface area contributed by atoms with Crippen molar-refractivity contribution in [1.82, 2.24) is 0 Å². The van der Waals surface area contributed by atoms with Crippen LogP contribution >= 0.6 is 8.69 Å². The van der Waals surface area contributed by atoms with E-state index < -0.39 is 8.69 Å². The van der Waals surface area contributed by atoms with E-state index in [-0.39, 0.29) is 0 Å². The fourth-order valence-electron chi connectivity index (χ4n) is 2.78. The van der Waals surface area contributed by atoms with Gasteiger partial charge in [-0.25, -0.2) is 0 Å². The predicted octanol–water partition coefficient (Wildman–Crippen LogP) is 5.73. The van der Waals surface area contributed by atoms with Crippen molar-refractivity contribution >= 4 is 8.69 Å². The van der Waals surface area contributed by atoms with Crippen LogP contribution in [0.1, 0.15) is 96.8 Å². The van der Waals surface area contributed by atoms with Gasteiger partial charge in [0.2, 0.25) is 0 Å². The van der Waals surface area contributed by atoms with Crippen molar-refractivity contribution in [3.8, 4) is 0 Å². The highest BCUT2D eigenvalue weighted by molar-refractivity contribution is 7.14. The van der Waals surface area contributed by atoms with E-state index in [9.17, 15) is 0 Å². The molecule has 0 aromatic rings. The molecular formula is C19H42NO2P.